The maximum atomic E-state index is 12.4. The van der Waals surface area contributed by atoms with Crippen LogP contribution >= 0.6 is 35.0 Å². The molecule has 1 aliphatic heterocycles. The average Bonchev–Trinajstić information content (AvgIpc) is 3.38. The Labute approximate surface area is 188 Å². The van der Waals surface area contributed by atoms with Crippen LogP contribution in [0.3, 0.4) is 0 Å². The molecule has 1 N–H and O–H groups in total. The van der Waals surface area contributed by atoms with Crippen LogP contribution in [0.25, 0.3) is 11.4 Å². The zero-order valence-electron chi connectivity index (χ0n) is 16.1. The molecule has 1 aromatic heterocycles. The Morgan fingerprint density at radius 1 is 1.17 bits per heavy atom. The maximum absolute atomic E-state index is 12.4. The largest absolute Gasteiger partial charge is 0.376 e. The van der Waals surface area contributed by atoms with Gasteiger partial charge in [-0.05, 0) is 55.3 Å². The Kier molecular flexibility index (Phi) is 6.94. The Bertz CT molecular complexity index is 1020. The highest BCUT2D eigenvalue weighted by Crippen LogP contribution is 2.27. The highest BCUT2D eigenvalue weighted by atomic mass is 35.5. The van der Waals surface area contributed by atoms with Crippen molar-refractivity contribution < 1.29 is 9.53 Å². The zero-order valence-corrected chi connectivity index (χ0v) is 18.4. The highest BCUT2D eigenvalue weighted by Gasteiger charge is 2.22. The molecule has 0 aliphatic carbocycles. The Morgan fingerprint density at radius 2 is 2.00 bits per heavy atom. The lowest BCUT2D eigenvalue weighted by Gasteiger charge is -2.14. The zero-order chi connectivity index (χ0) is 20.9. The van der Waals surface area contributed by atoms with E-state index in [4.69, 9.17) is 27.9 Å². The number of rotatable bonds is 7. The molecule has 0 bridgehead atoms. The normalized spacial score (nSPS) is 16.0. The van der Waals surface area contributed by atoms with Gasteiger partial charge in [-0.2, -0.15) is 0 Å². The van der Waals surface area contributed by atoms with Crippen LogP contribution in [0.15, 0.2) is 53.7 Å². The summed E-state index contributed by atoms with van der Waals surface area (Å²) in [6.45, 7) is 1.41. The number of nitrogens with one attached hydrogen (secondary N) is 1. The maximum Gasteiger partial charge on any atom is 0.234 e. The van der Waals surface area contributed by atoms with Crippen molar-refractivity contribution in [1.29, 1.82) is 0 Å². The number of benzene rings is 2. The predicted molar refractivity (Wildman–Crippen MR) is 120 cm³/mol. The van der Waals surface area contributed by atoms with Gasteiger partial charge in [0.15, 0.2) is 11.0 Å². The first-order valence-electron chi connectivity index (χ1n) is 9.57. The van der Waals surface area contributed by atoms with Gasteiger partial charge in [-0.15, -0.1) is 10.2 Å². The molecule has 9 heteroatoms. The van der Waals surface area contributed by atoms with E-state index in [-0.39, 0.29) is 17.8 Å². The van der Waals surface area contributed by atoms with E-state index in [1.165, 1.54) is 11.8 Å². The second kappa shape index (κ2) is 9.83. The summed E-state index contributed by atoms with van der Waals surface area (Å²) >= 11 is 13.3. The quantitative estimate of drug-likeness (QED) is 0.490. The standard InChI is InChI=1S/C21H20Cl2N4O2S/c22-15-8-6-14(7-9-15)20-25-26-21(27(20)12-18-5-2-10-29-18)30-13-19(28)24-17-4-1-3-16(23)11-17/h1,3-4,6-9,11,18H,2,5,10,12-13H2,(H,24,28)/t18-/m1/s1. The van der Waals surface area contributed by atoms with Gasteiger partial charge >= 0.3 is 0 Å². The van der Waals surface area contributed by atoms with Crippen LogP contribution in [0.4, 0.5) is 5.69 Å². The van der Waals surface area contributed by atoms with Gasteiger partial charge in [-0.3, -0.25) is 9.36 Å². The minimum Gasteiger partial charge on any atom is -0.376 e. The molecular weight excluding hydrogens is 443 g/mol. The molecule has 0 saturated carbocycles. The molecule has 156 valence electrons. The smallest absolute Gasteiger partial charge is 0.234 e. The molecule has 4 rings (SSSR count). The summed E-state index contributed by atoms with van der Waals surface area (Å²) in [5.41, 5.74) is 1.58. The third-order valence-electron chi connectivity index (χ3n) is 4.67. The molecule has 0 spiro atoms. The summed E-state index contributed by atoms with van der Waals surface area (Å²) in [5.74, 6) is 0.804. The number of thioether (sulfide) groups is 1. The first-order valence-corrected chi connectivity index (χ1v) is 11.3. The Balaban J connectivity index is 1.50. The summed E-state index contributed by atoms with van der Waals surface area (Å²) in [6, 6.07) is 14.5. The van der Waals surface area contributed by atoms with Crippen LogP contribution in [-0.4, -0.2) is 39.1 Å². The first-order chi connectivity index (χ1) is 14.6. The number of amides is 1. The van der Waals surface area contributed by atoms with Gasteiger partial charge < -0.3 is 10.1 Å². The summed E-state index contributed by atoms with van der Waals surface area (Å²) in [6.07, 6.45) is 2.16. The SMILES string of the molecule is O=C(CSc1nnc(-c2ccc(Cl)cc2)n1C[C@H]1CCCO1)Nc1cccc(Cl)c1. The van der Waals surface area contributed by atoms with Crippen molar-refractivity contribution in [3.8, 4) is 11.4 Å². The van der Waals surface area contributed by atoms with E-state index in [1.807, 2.05) is 28.8 Å². The fourth-order valence-electron chi connectivity index (χ4n) is 3.26. The van der Waals surface area contributed by atoms with Gasteiger partial charge in [0.2, 0.25) is 5.91 Å². The minimum atomic E-state index is -0.137. The van der Waals surface area contributed by atoms with Gasteiger partial charge in [0.25, 0.3) is 0 Å². The lowest BCUT2D eigenvalue weighted by molar-refractivity contribution is -0.113. The summed E-state index contributed by atoms with van der Waals surface area (Å²) in [7, 11) is 0. The van der Waals surface area contributed by atoms with Crippen molar-refractivity contribution in [3.63, 3.8) is 0 Å². The fraction of sp³-hybridized carbons (Fsp3) is 0.286. The number of carbonyl (C=O) groups excluding carboxylic acids is 1. The van der Waals surface area contributed by atoms with Crippen molar-refractivity contribution in [3.05, 3.63) is 58.6 Å². The van der Waals surface area contributed by atoms with E-state index < -0.39 is 0 Å². The Morgan fingerprint density at radius 3 is 2.73 bits per heavy atom. The third kappa shape index (κ3) is 5.35. The number of anilines is 1. The topological polar surface area (TPSA) is 69.0 Å². The number of ether oxygens (including phenoxy) is 1. The lowest BCUT2D eigenvalue weighted by Crippen LogP contribution is -2.18. The van der Waals surface area contributed by atoms with Crippen molar-refractivity contribution in [2.75, 3.05) is 17.7 Å². The molecule has 6 nitrogen and oxygen atoms in total. The first kappa shape index (κ1) is 21.2. The van der Waals surface area contributed by atoms with Gasteiger partial charge in [0, 0.05) is 27.9 Å². The molecule has 30 heavy (non-hydrogen) atoms. The molecule has 0 radical (unpaired) electrons. The van der Waals surface area contributed by atoms with Gasteiger partial charge in [0.05, 0.1) is 18.4 Å². The van der Waals surface area contributed by atoms with Crippen molar-refractivity contribution in [2.24, 2.45) is 0 Å². The number of nitrogens with zero attached hydrogens (tertiary/aromatic N) is 3. The number of hydrogen-bond acceptors (Lipinski definition) is 5. The molecule has 1 fully saturated rings. The molecule has 1 aliphatic rings. The van der Waals surface area contributed by atoms with Gasteiger partial charge in [0.1, 0.15) is 0 Å². The van der Waals surface area contributed by atoms with Gasteiger partial charge in [-0.25, -0.2) is 0 Å². The number of hydrogen-bond donors (Lipinski definition) is 1. The van der Waals surface area contributed by atoms with E-state index in [9.17, 15) is 4.79 Å². The van der Waals surface area contributed by atoms with Crippen molar-refractivity contribution in [2.45, 2.75) is 30.6 Å². The summed E-state index contributed by atoms with van der Waals surface area (Å²) in [5, 5.41) is 13.5. The molecule has 1 atom stereocenters. The Hall–Kier alpha value is -2.06. The number of carbonyl (C=O) groups is 1. The lowest BCUT2D eigenvalue weighted by atomic mass is 10.2. The molecule has 2 heterocycles. The van der Waals surface area contributed by atoms with E-state index >= 15 is 0 Å². The molecule has 1 saturated heterocycles. The third-order valence-corrected chi connectivity index (χ3v) is 6.12. The van der Waals surface area contributed by atoms with E-state index in [0.29, 0.717) is 27.4 Å². The van der Waals surface area contributed by atoms with E-state index in [0.717, 1.165) is 30.8 Å². The second-order valence-corrected chi connectivity index (χ2v) is 8.72. The van der Waals surface area contributed by atoms with Crippen LogP contribution in [0, 0.1) is 0 Å². The van der Waals surface area contributed by atoms with Crippen molar-refractivity contribution in [1.82, 2.24) is 14.8 Å². The van der Waals surface area contributed by atoms with Crippen LogP contribution in [0.2, 0.25) is 10.0 Å². The van der Waals surface area contributed by atoms with Crippen LogP contribution < -0.4 is 5.32 Å². The van der Waals surface area contributed by atoms with E-state index in [2.05, 4.69) is 15.5 Å². The monoisotopic (exact) mass is 462 g/mol. The molecule has 3 aromatic rings. The molecule has 2 aromatic carbocycles. The molecule has 1 amide bonds. The van der Waals surface area contributed by atoms with Crippen LogP contribution in [-0.2, 0) is 16.1 Å². The second-order valence-electron chi connectivity index (χ2n) is 6.91. The molecule has 0 unspecified atom stereocenters. The molecular formula is C21H20Cl2N4O2S. The summed E-state index contributed by atoms with van der Waals surface area (Å²) < 4.78 is 7.83. The van der Waals surface area contributed by atoms with E-state index in [1.54, 1.807) is 24.3 Å². The van der Waals surface area contributed by atoms with Crippen molar-refractivity contribution >= 4 is 46.6 Å². The fourth-order valence-corrected chi connectivity index (χ4v) is 4.32. The van der Waals surface area contributed by atoms with Crippen LogP contribution in [0.5, 0.6) is 0 Å². The van der Waals surface area contributed by atoms with Gasteiger partial charge in [-0.1, -0.05) is 41.0 Å². The number of halogens is 2. The predicted octanol–water partition coefficient (Wildman–Crippen LogP) is 5.16. The van der Waals surface area contributed by atoms with Crippen LogP contribution in [0.1, 0.15) is 12.8 Å². The highest BCUT2D eigenvalue weighted by molar-refractivity contribution is 7.99. The summed E-state index contributed by atoms with van der Waals surface area (Å²) in [4.78, 5) is 12.4. The minimum absolute atomic E-state index is 0.117. The average molecular weight is 463 g/mol. The number of aromatic nitrogens is 3.